The molecule has 1 aliphatic carbocycles. The van der Waals surface area contributed by atoms with E-state index in [-0.39, 0.29) is 0 Å². The van der Waals surface area contributed by atoms with Crippen LogP contribution in [0.5, 0.6) is 0 Å². The summed E-state index contributed by atoms with van der Waals surface area (Å²) in [5.74, 6) is 0.645. The number of nitrogens with zero attached hydrogens (tertiary/aromatic N) is 2. The molecule has 1 saturated carbocycles. The molecule has 0 aliphatic heterocycles. The first kappa shape index (κ1) is 21.1. The number of aromatic nitrogens is 2. The Morgan fingerprint density at radius 3 is 2.38 bits per heavy atom. The molecule has 0 atom stereocenters. The van der Waals surface area contributed by atoms with Gasteiger partial charge in [0.25, 0.3) is 0 Å². The van der Waals surface area contributed by atoms with E-state index in [1.54, 1.807) is 0 Å². The highest BCUT2D eigenvalue weighted by atomic mass is 14.9. The quantitative estimate of drug-likeness (QED) is 0.241. The summed E-state index contributed by atoms with van der Waals surface area (Å²) in [5, 5.41) is 3.87. The van der Waals surface area contributed by atoms with Crippen molar-refractivity contribution in [3.05, 3.63) is 71.0 Å². The minimum atomic E-state index is 0.486. The largest absolute Gasteiger partial charge is 0.256 e. The van der Waals surface area contributed by atoms with Gasteiger partial charge in [-0.05, 0) is 92.7 Å². The molecule has 0 N–H and O–H groups in total. The van der Waals surface area contributed by atoms with Gasteiger partial charge in [-0.1, -0.05) is 31.5 Å². The zero-order chi connectivity index (χ0) is 22.6. The number of fused-ring (bicyclic) bond motifs is 3. The van der Waals surface area contributed by atoms with Crippen molar-refractivity contribution in [3.8, 4) is 11.3 Å². The Hall–Kier alpha value is -2.74. The molecule has 2 nitrogen and oxygen atoms in total. The Morgan fingerprint density at radius 2 is 1.62 bits per heavy atom. The van der Waals surface area contributed by atoms with Gasteiger partial charge in [0.1, 0.15) is 7.05 Å². The molecule has 1 aliphatic rings. The van der Waals surface area contributed by atoms with Crippen molar-refractivity contribution < 1.29 is 4.57 Å². The number of benzene rings is 2. The van der Waals surface area contributed by atoms with E-state index in [9.17, 15) is 0 Å². The molecule has 0 spiro atoms. The molecule has 2 heterocycles. The van der Waals surface area contributed by atoms with Crippen LogP contribution in [0.25, 0.3) is 32.9 Å². The molecule has 2 aromatic heterocycles. The fraction of sp³-hybridized carbons (Fsp3) is 0.400. The SMILES string of the molecule is Cc1cc(C)c(C)c(-c2c3ccc4c(C5CCC(C)(C)CC5)ccnc4c3cc[n+]2C)c1. The topological polar surface area (TPSA) is 16.8 Å². The van der Waals surface area contributed by atoms with Crippen molar-refractivity contribution in [2.45, 2.75) is 66.2 Å². The van der Waals surface area contributed by atoms with E-state index in [1.807, 2.05) is 6.20 Å². The summed E-state index contributed by atoms with van der Waals surface area (Å²) in [6.45, 7) is 11.5. The lowest BCUT2D eigenvalue weighted by molar-refractivity contribution is -0.659. The van der Waals surface area contributed by atoms with Crippen molar-refractivity contribution in [1.29, 1.82) is 0 Å². The lowest BCUT2D eigenvalue weighted by Crippen LogP contribution is -2.31. The van der Waals surface area contributed by atoms with Crippen LogP contribution in [-0.4, -0.2) is 4.98 Å². The average Bonchev–Trinajstić information content (AvgIpc) is 2.76. The first-order chi connectivity index (χ1) is 15.2. The van der Waals surface area contributed by atoms with Crippen LogP contribution >= 0.6 is 0 Å². The zero-order valence-electron chi connectivity index (χ0n) is 20.4. The van der Waals surface area contributed by atoms with Crippen LogP contribution in [0.4, 0.5) is 0 Å². The molecular formula is C30H35N2+. The van der Waals surface area contributed by atoms with Gasteiger partial charge in [-0.25, -0.2) is 4.57 Å². The molecule has 0 amide bonds. The second-order valence-electron chi connectivity index (χ2n) is 10.8. The van der Waals surface area contributed by atoms with Gasteiger partial charge in [0.15, 0.2) is 6.20 Å². The first-order valence-corrected chi connectivity index (χ1v) is 12.0. The van der Waals surface area contributed by atoms with E-state index in [4.69, 9.17) is 4.98 Å². The summed E-state index contributed by atoms with van der Waals surface area (Å²) >= 11 is 0. The van der Waals surface area contributed by atoms with Gasteiger partial charge in [-0.2, -0.15) is 0 Å². The second kappa shape index (κ2) is 7.69. The Kier molecular flexibility index (Phi) is 5.08. The van der Waals surface area contributed by atoms with Crippen molar-refractivity contribution in [2.24, 2.45) is 12.5 Å². The molecule has 32 heavy (non-hydrogen) atoms. The summed E-state index contributed by atoms with van der Waals surface area (Å²) < 4.78 is 2.27. The Bertz CT molecular complexity index is 1340. The molecule has 0 bridgehead atoms. The normalized spacial score (nSPS) is 16.7. The fourth-order valence-electron chi connectivity index (χ4n) is 5.78. The lowest BCUT2D eigenvalue weighted by atomic mass is 9.71. The summed E-state index contributed by atoms with van der Waals surface area (Å²) in [6, 6.07) is 13.8. The minimum absolute atomic E-state index is 0.486. The fourth-order valence-corrected chi connectivity index (χ4v) is 5.78. The summed E-state index contributed by atoms with van der Waals surface area (Å²) in [7, 11) is 2.16. The highest BCUT2D eigenvalue weighted by molar-refractivity contribution is 6.09. The molecule has 5 rings (SSSR count). The Labute approximate surface area is 192 Å². The monoisotopic (exact) mass is 423 g/mol. The lowest BCUT2D eigenvalue weighted by Gasteiger charge is -2.34. The van der Waals surface area contributed by atoms with Gasteiger partial charge >= 0.3 is 0 Å². The van der Waals surface area contributed by atoms with Crippen LogP contribution in [-0.2, 0) is 7.05 Å². The Morgan fingerprint density at radius 1 is 0.906 bits per heavy atom. The van der Waals surface area contributed by atoms with Crippen LogP contribution in [0.3, 0.4) is 0 Å². The van der Waals surface area contributed by atoms with Crippen molar-refractivity contribution in [2.75, 3.05) is 0 Å². The summed E-state index contributed by atoms with van der Waals surface area (Å²) in [5.41, 5.74) is 9.73. The maximum Gasteiger partial charge on any atom is 0.220 e. The summed E-state index contributed by atoms with van der Waals surface area (Å²) in [4.78, 5) is 4.91. The van der Waals surface area contributed by atoms with Gasteiger partial charge in [0.2, 0.25) is 5.69 Å². The number of hydrogen-bond donors (Lipinski definition) is 0. The molecule has 2 heteroatoms. The van der Waals surface area contributed by atoms with Crippen molar-refractivity contribution >= 4 is 21.7 Å². The van der Waals surface area contributed by atoms with Gasteiger partial charge in [-0.3, -0.25) is 4.98 Å². The predicted octanol–water partition coefficient (Wildman–Crippen LogP) is 7.49. The van der Waals surface area contributed by atoms with Crippen LogP contribution in [0, 0.1) is 26.2 Å². The third-order valence-corrected chi connectivity index (χ3v) is 7.90. The van der Waals surface area contributed by atoms with Gasteiger partial charge in [-0.15, -0.1) is 0 Å². The highest BCUT2D eigenvalue weighted by Gasteiger charge is 2.29. The molecule has 0 saturated heterocycles. The molecule has 1 fully saturated rings. The van der Waals surface area contributed by atoms with Gasteiger partial charge in [0.05, 0.1) is 16.5 Å². The van der Waals surface area contributed by atoms with E-state index in [0.29, 0.717) is 11.3 Å². The van der Waals surface area contributed by atoms with Crippen LogP contribution in [0.15, 0.2) is 48.8 Å². The van der Waals surface area contributed by atoms with Crippen molar-refractivity contribution in [3.63, 3.8) is 0 Å². The zero-order valence-corrected chi connectivity index (χ0v) is 20.4. The number of hydrogen-bond acceptors (Lipinski definition) is 1. The number of pyridine rings is 2. The number of rotatable bonds is 2. The molecule has 4 aromatic rings. The standard InChI is InChI=1S/C30H35N2/c1-19-17-20(2)21(3)27(18-19)29-26-8-7-24-23(22-9-13-30(4,5)14-10-22)11-15-31-28(24)25(26)12-16-32(29)6/h7-8,11-12,15-18,22H,9-10,13-14H2,1-6H3/q+1. The smallest absolute Gasteiger partial charge is 0.220 e. The second-order valence-corrected chi connectivity index (χ2v) is 10.8. The predicted molar refractivity (Wildman–Crippen MR) is 135 cm³/mol. The molecule has 2 aromatic carbocycles. The molecular weight excluding hydrogens is 388 g/mol. The number of aryl methyl sites for hydroxylation is 3. The van der Waals surface area contributed by atoms with Crippen molar-refractivity contribution in [1.82, 2.24) is 4.98 Å². The van der Waals surface area contributed by atoms with Crippen LogP contribution in [0.2, 0.25) is 0 Å². The van der Waals surface area contributed by atoms with Gasteiger partial charge in [0, 0.05) is 23.0 Å². The van der Waals surface area contributed by atoms with E-state index >= 15 is 0 Å². The maximum atomic E-state index is 4.91. The van der Waals surface area contributed by atoms with E-state index in [2.05, 4.69) is 88.8 Å². The molecule has 164 valence electrons. The van der Waals surface area contributed by atoms with Gasteiger partial charge < -0.3 is 0 Å². The third kappa shape index (κ3) is 3.50. The highest BCUT2D eigenvalue weighted by Crippen LogP contribution is 2.44. The van der Waals surface area contributed by atoms with Crippen LogP contribution in [0.1, 0.15) is 67.7 Å². The third-order valence-electron chi connectivity index (χ3n) is 7.90. The minimum Gasteiger partial charge on any atom is -0.256 e. The molecule has 0 unspecified atom stereocenters. The van der Waals surface area contributed by atoms with Crippen LogP contribution < -0.4 is 4.57 Å². The average molecular weight is 424 g/mol. The molecule has 0 radical (unpaired) electrons. The first-order valence-electron chi connectivity index (χ1n) is 12.0. The van der Waals surface area contributed by atoms with E-state index in [1.165, 1.54) is 75.4 Å². The maximum absolute atomic E-state index is 4.91. The van der Waals surface area contributed by atoms with E-state index < -0.39 is 0 Å². The van der Waals surface area contributed by atoms with E-state index in [0.717, 1.165) is 5.52 Å². The summed E-state index contributed by atoms with van der Waals surface area (Å²) in [6.07, 6.45) is 9.40. The Balaban J connectivity index is 1.72.